The largest absolute Gasteiger partial charge is 0.444 e. The minimum atomic E-state index is -3.84. The molecular weight excluding hydrogens is 452 g/mol. The third kappa shape index (κ3) is 7.17. The fourth-order valence-electron chi connectivity index (χ4n) is 4.56. The predicted molar refractivity (Wildman–Crippen MR) is 133 cm³/mol. The average Bonchev–Trinajstić information content (AvgIpc) is 3.06. The van der Waals surface area contributed by atoms with Gasteiger partial charge in [0, 0.05) is 18.6 Å². The minimum absolute atomic E-state index is 0.155. The minimum Gasteiger partial charge on any atom is -0.444 e. The zero-order valence-electron chi connectivity index (χ0n) is 20.5. The van der Waals surface area contributed by atoms with Crippen molar-refractivity contribution in [3.05, 3.63) is 54.1 Å². The smallest absolute Gasteiger partial charge is 0.410 e. The number of anilines is 1. The van der Waals surface area contributed by atoms with E-state index in [9.17, 15) is 13.2 Å². The number of ether oxygens (including phenoxy) is 1. The number of hydrogen-bond acceptors (Lipinski definition) is 6. The molecular formula is C25H36N4O4S. The Hall–Kier alpha value is -2.65. The molecule has 1 aliphatic heterocycles. The number of carbonyl (C=O) groups is 1. The van der Waals surface area contributed by atoms with E-state index < -0.39 is 15.6 Å². The number of primary sulfonamides is 1. The van der Waals surface area contributed by atoms with Gasteiger partial charge in [0.25, 0.3) is 10.0 Å². The van der Waals surface area contributed by atoms with Crippen molar-refractivity contribution in [3.8, 4) is 0 Å². The molecule has 1 aromatic heterocycles. The van der Waals surface area contributed by atoms with Crippen LogP contribution in [0.1, 0.15) is 52.5 Å². The highest BCUT2D eigenvalue weighted by atomic mass is 32.2. The number of nitrogens with one attached hydrogen (secondary N) is 1. The summed E-state index contributed by atoms with van der Waals surface area (Å²) in [6, 6.07) is 14.9. The van der Waals surface area contributed by atoms with E-state index in [1.54, 1.807) is 12.1 Å². The van der Waals surface area contributed by atoms with Crippen LogP contribution in [0.4, 0.5) is 10.6 Å². The van der Waals surface area contributed by atoms with E-state index in [2.05, 4.69) is 29.4 Å². The molecule has 3 rings (SSSR count). The molecule has 0 bridgehead atoms. The van der Waals surface area contributed by atoms with Gasteiger partial charge in [0.2, 0.25) is 0 Å². The van der Waals surface area contributed by atoms with Crippen LogP contribution in [0, 0.1) is 5.92 Å². The van der Waals surface area contributed by atoms with Crippen LogP contribution in [0.2, 0.25) is 0 Å². The normalized spacial score (nSPS) is 20.9. The summed E-state index contributed by atoms with van der Waals surface area (Å²) in [5.41, 5.74) is 0.319. The molecule has 1 amide bonds. The maximum Gasteiger partial charge on any atom is 0.410 e. The molecule has 0 aliphatic carbocycles. The fourth-order valence-corrected chi connectivity index (χ4v) is 5.06. The van der Waals surface area contributed by atoms with Crippen LogP contribution in [0.15, 0.2) is 53.6 Å². The molecule has 2 unspecified atom stereocenters. The second-order valence-electron chi connectivity index (χ2n) is 10.3. The third-order valence-electron chi connectivity index (χ3n) is 5.97. The van der Waals surface area contributed by atoms with Gasteiger partial charge in [-0.05, 0) is 77.0 Å². The maximum atomic E-state index is 13.1. The number of hydrogen-bond donors (Lipinski definition) is 2. The number of aromatic nitrogens is 1. The summed E-state index contributed by atoms with van der Waals surface area (Å²) in [5, 5.41) is 8.17. The molecule has 34 heavy (non-hydrogen) atoms. The van der Waals surface area contributed by atoms with Gasteiger partial charge in [-0.3, -0.25) is 0 Å². The van der Waals surface area contributed by atoms with Crippen molar-refractivity contribution in [2.75, 3.05) is 18.4 Å². The highest BCUT2D eigenvalue weighted by molar-refractivity contribution is 7.89. The predicted octanol–water partition coefficient (Wildman–Crippen LogP) is 4.18. The van der Waals surface area contributed by atoms with Crippen molar-refractivity contribution >= 4 is 21.9 Å². The highest BCUT2D eigenvalue weighted by Gasteiger charge is 2.45. The van der Waals surface area contributed by atoms with Crippen LogP contribution < -0.4 is 10.5 Å². The van der Waals surface area contributed by atoms with Gasteiger partial charge < -0.3 is 15.0 Å². The van der Waals surface area contributed by atoms with Crippen molar-refractivity contribution in [2.24, 2.45) is 11.1 Å². The van der Waals surface area contributed by atoms with Gasteiger partial charge in [0.15, 0.2) is 5.03 Å². The lowest BCUT2D eigenvalue weighted by Crippen LogP contribution is -2.48. The summed E-state index contributed by atoms with van der Waals surface area (Å²) < 4.78 is 28.7. The number of sulfonamides is 1. The number of nitrogens with zero attached hydrogens (tertiary/aromatic N) is 2. The van der Waals surface area contributed by atoms with Crippen molar-refractivity contribution in [2.45, 2.75) is 69.5 Å². The maximum absolute atomic E-state index is 13.1. The summed E-state index contributed by atoms with van der Waals surface area (Å²) in [5.74, 6) is 0.814. The Balaban J connectivity index is 1.62. The molecule has 186 valence electrons. The quantitative estimate of drug-likeness (QED) is 0.539. The van der Waals surface area contributed by atoms with Gasteiger partial charge >= 0.3 is 6.09 Å². The van der Waals surface area contributed by atoms with Gasteiger partial charge in [-0.1, -0.05) is 36.4 Å². The Labute approximate surface area is 202 Å². The zero-order valence-corrected chi connectivity index (χ0v) is 21.3. The Kier molecular flexibility index (Phi) is 7.88. The fraction of sp³-hybridized carbons (Fsp3) is 0.520. The summed E-state index contributed by atoms with van der Waals surface area (Å²) >= 11 is 0. The molecule has 2 heterocycles. The first-order valence-electron chi connectivity index (χ1n) is 11.6. The number of likely N-dealkylation sites (tertiary alicyclic amines) is 1. The van der Waals surface area contributed by atoms with Crippen molar-refractivity contribution < 1.29 is 17.9 Å². The van der Waals surface area contributed by atoms with Crippen LogP contribution in [0.25, 0.3) is 0 Å². The number of benzene rings is 1. The molecule has 0 radical (unpaired) electrons. The Morgan fingerprint density at radius 1 is 1.21 bits per heavy atom. The molecule has 3 N–H and O–H groups in total. The monoisotopic (exact) mass is 488 g/mol. The van der Waals surface area contributed by atoms with Crippen LogP contribution in [-0.4, -0.2) is 48.6 Å². The van der Waals surface area contributed by atoms with Crippen LogP contribution in [-0.2, 0) is 21.2 Å². The number of rotatable bonds is 8. The second kappa shape index (κ2) is 10.3. The van der Waals surface area contributed by atoms with E-state index in [-0.39, 0.29) is 16.7 Å². The number of amides is 1. The standard InChI is InChI=1S/C25H36N4O4S/c1-24(2,3)33-23(30)29-18-20(17-25(29,4)16-19-10-6-5-7-11-19)12-9-15-27-21-13-8-14-22(28-21)34(26,31)32/h5-8,10-11,13-14,20H,9,12,15-18H2,1-4H3,(H,27,28)(H2,26,31,32). The second-order valence-corrected chi connectivity index (χ2v) is 11.8. The van der Waals surface area contributed by atoms with Gasteiger partial charge in [0.05, 0.1) is 0 Å². The van der Waals surface area contributed by atoms with Crippen LogP contribution in [0.5, 0.6) is 0 Å². The SMILES string of the molecule is CC(C)(C)OC(=O)N1CC(CCCNc2cccc(S(N)(=O)=O)n2)CC1(C)Cc1ccccc1. The van der Waals surface area contributed by atoms with E-state index >= 15 is 0 Å². The van der Waals surface area contributed by atoms with Crippen molar-refractivity contribution in [1.82, 2.24) is 9.88 Å². The third-order valence-corrected chi connectivity index (χ3v) is 6.78. The lowest BCUT2D eigenvalue weighted by Gasteiger charge is -2.36. The molecule has 1 fully saturated rings. The summed E-state index contributed by atoms with van der Waals surface area (Å²) in [7, 11) is -3.84. The molecule has 2 atom stereocenters. The number of pyridine rings is 1. The highest BCUT2D eigenvalue weighted by Crippen LogP contribution is 2.38. The summed E-state index contributed by atoms with van der Waals surface area (Å²) in [6.07, 6.45) is 3.17. The molecule has 1 aromatic carbocycles. The summed E-state index contributed by atoms with van der Waals surface area (Å²) in [6.45, 7) is 9.09. The first-order chi connectivity index (χ1) is 15.9. The molecule has 0 spiro atoms. The van der Waals surface area contributed by atoms with Crippen LogP contribution in [0.3, 0.4) is 0 Å². The first kappa shape index (κ1) is 26.0. The molecule has 1 saturated heterocycles. The van der Waals surface area contributed by atoms with E-state index in [1.165, 1.54) is 11.6 Å². The van der Waals surface area contributed by atoms with Crippen LogP contribution >= 0.6 is 0 Å². The molecule has 2 aromatic rings. The summed E-state index contributed by atoms with van der Waals surface area (Å²) in [4.78, 5) is 19.0. The van der Waals surface area contributed by atoms with Crippen molar-refractivity contribution in [1.29, 1.82) is 0 Å². The van der Waals surface area contributed by atoms with E-state index in [0.29, 0.717) is 24.8 Å². The molecule has 9 heteroatoms. The lowest BCUT2D eigenvalue weighted by molar-refractivity contribution is 0.0105. The number of carbonyl (C=O) groups excluding carboxylic acids is 1. The zero-order chi connectivity index (χ0) is 25.0. The number of nitrogens with two attached hydrogens (primary N) is 1. The Bertz CT molecular complexity index is 1090. The Morgan fingerprint density at radius 2 is 1.91 bits per heavy atom. The molecule has 8 nitrogen and oxygen atoms in total. The topological polar surface area (TPSA) is 115 Å². The molecule has 0 saturated carbocycles. The van der Waals surface area contributed by atoms with Gasteiger partial charge in [-0.25, -0.2) is 23.3 Å². The Morgan fingerprint density at radius 3 is 2.56 bits per heavy atom. The van der Waals surface area contributed by atoms with E-state index in [4.69, 9.17) is 9.88 Å². The van der Waals surface area contributed by atoms with Gasteiger partial charge in [0.1, 0.15) is 11.4 Å². The first-order valence-corrected chi connectivity index (χ1v) is 13.2. The molecule has 1 aliphatic rings. The van der Waals surface area contributed by atoms with Gasteiger partial charge in [-0.15, -0.1) is 0 Å². The van der Waals surface area contributed by atoms with Gasteiger partial charge in [-0.2, -0.15) is 0 Å². The van der Waals surface area contributed by atoms with Crippen molar-refractivity contribution in [3.63, 3.8) is 0 Å². The lowest BCUT2D eigenvalue weighted by atomic mass is 9.86. The average molecular weight is 489 g/mol. The van der Waals surface area contributed by atoms with E-state index in [1.807, 2.05) is 43.9 Å². The van der Waals surface area contributed by atoms with E-state index in [0.717, 1.165) is 25.7 Å².